The lowest BCUT2D eigenvalue weighted by Crippen LogP contribution is -2.39. The SMILES string of the molecule is O=C(Cc1ccccc1)N1CCn2ccnc2C1. The normalized spacial score (nSPS) is 14.3. The van der Waals surface area contributed by atoms with E-state index in [1.165, 1.54) is 0 Å². The van der Waals surface area contributed by atoms with Crippen LogP contribution in [0, 0.1) is 0 Å². The van der Waals surface area contributed by atoms with Gasteiger partial charge in [0.2, 0.25) is 5.91 Å². The molecule has 18 heavy (non-hydrogen) atoms. The van der Waals surface area contributed by atoms with Crippen LogP contribution in [0.5, 0.6) is 0 Å². The van der Waals surface area contributed by atoms with Gasteiger partial charge in [-0.25, -0.2) is 4.98 Å². The molecule has 0 N–H and O–H groups in total. The van der Waals surface area contributed by atoms with E-state index in [0.717, 1.165) is 24.5 Å². The zero-order chi connectivity index (χ0) is 12.4. The fourth-order valence-corrected chi connectivity index (χ4v) is 2.27. The van der Waals surface area contributed by atoms with Crippen molar-refractivity contribution in [3.63, 3.8) is 0 Å². The first-order chi connectivity index (χ1) is 8.83. The highest BCUT2D eigenvalue weighted by molar-refractivity contribution is 5.78. The van der Waals surface area contributed by atoms with E-state index in [-0.39, 0.29) is 5.91 Å². The van der Waals surface area contributed by atoms with Crippen molar-refractivity contribution in [3.05, 3.63) is 54.1 Å². The van der Waals surface area contributed by atoms with Crippen molar-refractivity contribution in [3.8, 4) is 0 Å². The van der Waals surface area contributed by atoms with Crippen LogP contribution in [0.2, 0.25) is 0 Å². The molecular formula is C14H15N3O. The zero-order valence-corrected chi connectivity index (χ0v) is 10.1. The molecule has 1 aliphatic rings. The van der Waals surface area contributed by atoms with Gasteiger partial charge in [0, 0.05) is 25.5 Å². The Balaban J connectivity index is 1.68. The van der Waals surface area contributed by atoms with Gasteiger partial charge < -0.3 is 9.47 Å². The lowest BCUT2D eigenvalue weighted by Gasteiger charge is -2.27. The van der Waals surface area contributed by atoms with Crippen LogP contribution in [0.1, 0.15) is 11.4 Å². The van der Waals surface area contributed by atoms with Gasteiger partial charge in [0.25, 0.3) is 0 Å². The smallest absolute Gasteiger partial charge is 0.227 e. The van der Waals surface area contributed by atoms with Crippen LogP contribution in [-0.4, -0.2) is 26.9 Å². The maximum Gasteiger partial charge on any atom is 0.227 e. The Morgan fingerprint density at radius 3 is 2.89 bits per heavy atom. The van der Waals surface area contributed by atoms with Gasteiger partial charge in [-0.05, 0) is 5.56 Å². The predicted octanol–water partition coefficient (Wildman–Crippen LogP) is 1.47. The Labute approximate surface area is 106 Å². The number of benzene rings is 1. The van der Waals surface area contributed by atoms with Crippen LogP contribution in [0.15, 0.2) is 42.7 Å². The van der Waals surface area contributed by atoms with Crippen LogP contribution in [-0.2, 0) is 24.3 Å². The number of amides is 1. The maximum absolute atomic E-state index is 12.2. The summed E-state index contributed by atoms with van der Waals surface area (Å²) in [6.07, 6.45) is 4.23. The fraction of sp³-hybridized carbons (Fsp3) is 0.286. The molecule has 2 aromatic rings. The highest BCUT2D eigenvalue weighted by Crippen LogP contribution is 2.12. The first-order valence-corrected chi connectivity index (χ1v) is 6.14. The number of aromatic nitrogens is 2. The summed E-state index contributed by atoms with van der Waals surface area (Å²) in [6.45, 7) is 2.24. The molecule has 1 aliphatic heterocycles. The summed E-state index contributed by atoms with van der Waals surface area (Å²) in [4.78, 5) is 18.3. The van der Waals surface area contributed by atoms with E-state index in [0.29, 0.717) is 13.0 Å². The fourth-order valence-electron chi connectivity index (χ4n) is 2.27. The standard InChI is InChI=1S/C14H15N3O/c18-14(10-12-4-2-1-3-5-12)17-9-8-16-7-6-15-13(16)11-17/h1-7H,8-11H2. The predicted molar refractivity (Wildman–Crippen MR) is 67.8 cm³/mol. The molecular weight excluding hydrogens is 226 g/mol. The van der Waals surface area contributed by atoms with Crippen molar-refractivity contribution in [2.24, 2.45) is 0 Å². The van der Waals surface area contributed by atoms with Gasteiger partial charge in [-0.15, -0.1) is 0 Å². The molecule has 4 nitrogen and oxygen atoms in total. The lowest BCUT2D eigenvalue weighted by molar-refractivity contribution is -0.132. The van der Waals surface area contributed by atoms with Crippen molar-refractivity contribution in [1.82, 2.24) is 14.5 Å². The topological polar surface area (TPSA) is 38.1 Å². The second-order valence-corrected chi connectivity index (χ2v) is 4.51. The van der Waals surface area contributed by atoms with Crippen molar-refractivity contribution in [1.29, 1.82) is 0 Å². The van der Waals surface area contributed by atoms with Crippen molar-refractivity contribution < 1.29 is 4.79 Å². The van der Waals surface area contributed by atoms with Crippen LogP contribution >= 0.6 is 0 Å². The van der Waals surface area contributed by atoms with E-state index in [1.807, 2.05) is 41.4 Å². The number of hydrogen-bond acceptors (Lipinski definition) is 2. The molecule has 0 unspecified atom stereocenters. The Kier molecular flexibility index (Phi) is 2.84. The number of nitrogens with zero attached hydrogens (tertiary/aromatic N) is 3. The van der Waals surface area contributed by atoms with Gasteiger partial charge in [-0.3, -0.25) is 4.79 Å². The van der Waals surface area contributed by atoms with Crippen LogP contribution in [0.3, 0.4) is 0 Å². The molecule has 0 fully saturated rings. The van der Waals surface area contributed by atoms with Gasteiger partial charge in [-0.2, -0.15) is 0 Å². The summed E-state index contributed by atoms with van der Waals surface area (Å²) in [5, 5.41) is 0. The molecule has 1 aromatic heterocycles. The van der Waals surface area contributed by atoms with E-state index in [9.17, 15) is 4.79 Å². The maximum atomic E-state index is 12.2. The quantitative estimate of drug-likeness (QED) is 0.798. The first-order valence-electron chi connectivity index (χ1n) is 6.14. The van der Waals surface area contributed by atoms with E-state index < -0.39 is 0 Å². The summed E-state index contributed by atoms with van der Waals surface area (Å²) >= 11 is 0. The molecule has 0 radical (unpaired) electrons. The minimum absolute atomic E-state index is 0.176. The van der Waals surface area contributed by atoms with Crippen molar-refractivity contribution in [2.45, 2.75) is 19.5 Å². The van der Waals surface area contributed by atoms with Crippen LogP contribution in [0.25, 0.3) is 0 Å². The average Bonchev–Trinajstić information content (AvgIpc) is 2.87. The molecule has 0 saturated carbocycles. The van der Waals surface area contributed by atoms with Gasteiger partial charge in [0.1, 0.15) is 5.82 Å². The molecule has 0 spiro atoms. The molecule has 1 amide bonds. The molecule has 0 saturated heterocycles. The molecule has 0 bridgehead atoms. The number of imidazole rings is 1. The number of carbonyl (C=O) groups excluding carboxylic acids is 1. The zero-order valence-electron chi connectivity index (χ0n) is 10.1. The summed E-state index contributed by atoms with van der Waals surface area (Å²) in [7, 11) is 0. The van der Waals surface area contributed by atoms with Crippen molar-refractivity contribution >= 4 is 5.91 Å². The monoisotopic (exact) mass is 241 g/mol. The highest BCUT2D eigenvalue weighted by Gasteiger charge is 2.20. The van der Waals surface area contributed by atoms with Gasteiger partial charge in [0.05, 0.1) is 13.0 Å². The average molecular weight is 241 g/mol. The first kappa shape index (κ1) is 11.0. The third kappa shape index (κ3) is 2.14. The van der Waals surface area contributed by atoms with Gasteiger partial charge in [-0.1, -0.05) is 30.3 Å². The Bertz CT molecular complexity index is 547. The van der Waals surface area contributed by atoms with E-state index in [2.05, 4.69) is 9.55 Å². The third-order valence-electron chi connectivity index (χ3n) is 3.30. The van der Waals surface area contributed by atoms with E-state index in [4.69, 9.17) is 0 Å². The Morgan fingerprint density at radius 1 is 1.22 bits per heavy atom. The molecule has 92 valence electrons. The Morgan fingerprint density at radius 2 is 2.06 bits per heavy atom. The minimum Gasteiger partial charge on any atom is -0.333 e. The summed E-state index contributed by atoms with van der Waals surface area (Å²) in [6, 6.07) is 9.87. The molecule has 0 atom stereocenters. The highest BCUT2D eigenvalue weighted by atomic mass is 16.2. The number of carbonyl (C=O) groups is 1. The summed E-state index contributed by atoms with van der Waals surface area (Å²) in [5.41, 5.74) is 1.07. The van der Waals surface area contributed by atoms with Gasteiger partial charge in [0.15, 0.2) is 0 Å². The lowest BCUT2D eigenvalue weighted by atomic mass is 10.1. The van der Waals surface area contributed by atoms with Crippen molar-refractivity contribution in [2.75, 3.05) is 6.54 Å². The minimum atomic E-state index is 0.176. The third-order valence-corrected chi connectivity index (χ3v) is 3.30. The molecule has 2 heterocycles. The van der Waals surface area contributed by atoms with Crippen LogP contribution in [0.4, 0.5) is 0 Å². The van der Waals surface area contributed by atoms with Crippen LogP contribution < -0.4 is 0 Å². The molecule has 4 heteroatoms. The molecule has 1 aromatic carbocycles. The van der Waals surface area contributed by atoms with E-state index in [1.54, 1.807) is 6.20 Å². The number of fused-ring (bicyclic) bond motifs is 1. The Hall–Kier alpha value is -2.10. The van der Waals surface area contributed by atoms with E-state index >= 15 is 0 Å². The second-order valence-electron chi connectivity index (χ2n) is 4.51. The second kappa shape index (κ2) is 4.64. The molecule has 0 aliphatic carbocycles. The summed E-state index contributed by atoms with van der Waals surface area (Å²) < 4.78 is 2.10. The van der Waals surface area contributed by atoms with Gasteiger partial charge >= 0.3 is 0 Å². The largest absolute Gasteiger partial charge is 0.333 e. The number of rotatable bonds is 2. The summed E-state index contributed by atoms with van der Waals surface area (Å²) in [5.74, 6) is 1.15. The molecule has 3 rings (SSSR count). The number of hydrogen-bond donors (Lipinski definition) is 0.